The molecule has 92 valence electrons. The minimum absolute atomic E-state index is 0.567. The van der Waals surface area contributed by atoms with Crippen LogP contribution in [-0.4, -0.2) is 0 Å². The molecule has 1 aliphatic carbocycles. The molecule has 0 unspecified atom stereocenters. The summed E-state index contributed by atoms with van der Waals surface area (Å²) in [5.74, 6) is 0.567. The van der Waals surface area contributed by atoms with Gasteiger partial charge in [-0.1, -0.05) is 68.4 Å². The second-order valence-corrected chi connectivity index (χ2v) is 5.67. The highest BCUT2D eigenvalue weighted by Crippen LogP contribution is 2.47. The molecule has 0 fully saturated rings. The van der Waals surface area contributed by atoms with Gasteiger partial charge in [0, 0.05) is 0 Å². The van der Waals surface area contributed by atoms with Crippen LogP contribution >= 0.6 is 0 Å². The maximum Gasteiger partial charge on any atom is -0.00262 e. The van der Waals surface area contributed by atoms with Gasteiger partial charge < -0.3 is 0 Å². The normalized spacial score (nSPS) is 12.2. The van der Waals surface area contributed by atoms with E-state index in [1.165, 1.54) is 38.6 Å². The Morgan fingerprint density at radius 3 is 2.11 bits per heavy atom. The van der Waals surface area contributed by atoms with Crippen molar-refractivity contribution in [2.24, 2.45) is 0 Å². The molecule has 0 aromatic heterocycles. The quantitative estimate of drug-likeness (QED) is 0.408. The first-order valence-corrected chi connectivity index (χ1v) is 6.92. The summed E-state index contributed by atoms with van der Waals surface area (Å²) in [7, 11) is 0. The van der Waals surface area contributed by atoms with E-state index in [9.17, 15) is 0 Å². The number of hydrogen-bond acceptors (Lipinski definition) is 0. The summed E-state index contributed by atoms with van der Waals surface area (Å²) in [6.07, 6.45) is 0. The molecule has 0 heteroatoms. The average Bonchev–Trinajstić information content (AvgIpc) is 2.76. The van der Waals surface area contributed by atoms with Crippen LogP contribution in [0, 0.1) is 0 Å². The molecule has 0 aliphatic heterocycles. The van der Waals surface area contributed by atoms with Crippen molar-refractivity contribution in [1.82, 2.24) is 0 Å². The Bertz CT molecular complexity index is 794. The van der Waals surface area contributed by atoms with Crippen molar-refractivity contribution in [3.8, 4) is 22.3 Å². The lowest BCUT2D eigenvalue weighted by atomic mass is 9.95. The molecule has 0 saturated carbocycles. The predicted octanol–water partition coefficient (Wildman–Crippen LogP) is 5.61. The zero-order valence-corrected chi connectivity index (χ0v) is 11.3. The molecule has 0 heterocycles. The van der Waals surface area contributed by atoms with E-state index in [1.807, 2.05) is 0 Å². The van der Waals surface area contributed by atoms with Crippen LogP contribution in [0.3, 0.4) is 0 Å². The van der Waals surface area contributed by atoms with Crippen LogP contribution in [-0.2, 0) is 0 Å². The van der Waals surface area contributed by atoms with E-state index in [0.29, 0.717) is 5.92 Å². The fourth-order valence-corrected chi connectivity index (χ4v) is 3.17. The number of benzene rings is 3. The Morgan fingerprint density at radius 1 is 0.684 bits per heavy atom. The minimum Gasteiger partial charge on any atom is -0.0616 e. The third-order valence-corrected chi connectivity index (χ3v) is 4.17. The maximum atomic E-state index is 2.38. The van der Waals surface area contributed by atoms with Crippen LogP contribution in [0.2, 0.25) is 0 Å². The van der Waals surface area contributed by atoms with Gasteiger partial charge in [-0.15, -0.1) is 0 Å². The molecule has 3 aromatic rings. The molecule has 0 radical (unpaired) electrons. The fraction of sp³-hybridized carbons (Fsp3) is 0.158. The van der Waals surface area contributed by atoms with Crippen molar-refractivity contribution < 1.29 is 0 Å². The van der Waals surface area contributed by atoms with Gasteiger partial charge in [0.2, 0.25) is 0 Å². The van der Waals surface area contributed by atoms with Crippen LogP contribution in [0.4, 0.5) is 0 Å². The molecule has 3 aromatic carbocycles. The monoisotopic (exact) mass is 244 g/mol. The summed E-state index contributed by atoms with van der Waals surface area (Å²) in [5.41, 5.74) is 6.99. The molecule has 1 aliphatic rings. The number of hydrogen-bond donors (Lipinski definition) is 0. The van der Waals surface area contributed by atoms with Gasteiger partial charge in [0.25, 0.3) is 0 Å². The van der Waals surface area contributed by atoms with Gasteiger partial charge in [-0.3, -0.25) is 0 Å². The molecule has 0 saturated heterocycles. The van der Waals surface area contributed by atoms with Gasteiger partial charge >= 0.3 is 0 Å². The summed E-state index contributed by atoms with van der Waals surface area (Å²) < 4.78 is 0. The lowest BCUT2D eigenvalue weighted by molar-refractivity contribution is 0.869. The van der Waals surface area contributed by atoms with E-state index in [0.717, 1.165) is 0 Å². The molecule has 0 spiro atoms. The minimum atomic E-state index is 0.567. The Balaban J connectivity index is 2.18. The Hall–Kier alpha value is -2.08. The lowest BCUT2D eigenvalue weighted by Gasteiger charge is -2.10. The third kappa shape index (κ3) is 1.40. The standard InChI is InChI=1S/C19H16/c1-12(2)14-10-13-6-5-9-17-15-7-3-4-8-16(15)18(11-14)19(13)17/h3-12H,1-2H3. The molecular weight excluding hydrogens is 228 g/mol. The highest BCUT2D eigenvalue weighted by Gasteiger charge is 2.21. The van der Waals surface area contributed by atoms with Crippen LogP contribution < -0.4 is 0 Å². The van der Waals surface area contributed by atoms with Crippen molar-refractivity contribution in [2.75, 3.05) is 0 Å². The first-order valence-electron chi connectivity index (χ1n) is 6.92. The molecule has 0 nitrogen and oxygen atoms in total. The lowest BCUT2D eigenvalue weighted by Crippen LogP contribution is -1.88. The second kappa shape index (κ2) is 3.71. The maximum absolute atomic E-state index is 2.38. The molecule has 0 N–H and O–H groups in total. The van der Waals surface area contributed by atoms with Crippen LogP contribution in [0.1, 0.15) is 25.3 Å². The summed E-state index contributed by atoms with van der Waals surface area (Å²) >= 11 is 0. The van der Waals surface area contributed by atoms with Crippen molar-refractivity contribution in [3.63, 3.8) is 0 Å². The molecule has 0 atom stereocenters. The van der Waals surface area contributed by atoms with Crippen LogP contribution in [0.15, 0.2) is 54.6 Å². The van der Waals surface area contributed by atoms with Crippen molar-refractivity contribution in [3.05, 3.63) is 60.2 Å². The average molecular weight is 244 g/mol. The predicted molar refractivity (Wildman–Crippen MR) is 82.5 cm³/mol. The van der Waals surface area contributed by atoms with E-state index in [2.05, 4.69) is 68.4 Å². The molecule has 0 bridgehead atoms. The van der Waals surface area contributed by atoms with Crippen molar-refractivity contribution >= 4 is 10.8 Å². The van der Waals surface area contributed by atoms with Crippen LogP contribution in [0.25, 0.3) is 33.0 Å². The van der Waals surface area contributed by atoms with Gasteiger partial charge in [0.15, 0.2) is 0 Å². The highest BCUT2D eigenvalue weighted by molar-refractivity contribution is 6.15. The summed E-state index contributed by atoms with van der Waals surface area (Å²) in [6, 6.07) is 20.1. The Morgan fingerprint density at radius 2 is 1.37 bits per heavy atom. The van der Waals surface area contributed by atoms with Gasteiger partial charge in [0.1, 0.15) is 0 Å². The van der Waals surface area contributed by atoms with E-state index in [-0.39, 0.29) is 0 Å². The number of rotatable bonds is 1. The van der Waals surface area contributed by atoms with E-state index < -0.39 is 0 Å². The smallest absolute Gasteiger partial charge is 0.00262 e. The Kier molecular flexibility index (Phi) is 2.11. The van der Waals surface area contributed by atoms with E-state index >= 15 is 0 Å². The zero-order chi connectivity index (χ0) is 13.0. The van der Waals surface area contributed by atoms with Crippen molar-refractivity contribution in [1.29, 1.82) is 0 Å². The van der Waals surface area contributed by atoms with Crippen molar-refractivity contribution in [2.45, 2.75) is 19.8 Å². The van der Waals surface area contributed by atoms with E-state index in [4.69, 9.17) is 0 Å². The topological polar surface area (TPSA) is 0 Å². The van der Waals surface area contributed by atoms with E-state index in [1.54, 1.807) is 0 Å². The molecular formula is C19H16. The molecule has 0 amide bonds. The second-order valence-electron chi connectivity index (χ2n) is 5.67. The fourth-order valence-electron chi connectivity index (χ4n) is 3.17. The summed E-state index contributed by atoms with van der Waals surface area (Å²) in [4.78, 5) is 0. The first kappa shape index (κ1) is 10.8. The zero-order valence-electron chi connectivity index (χ0n) is 11.3. The van der Waals surface area contributed by atoms with Crippen LogP contribution in [0.5, 0.6) is 0 Å². The van der Waals surface area contributed by atoms with Gasteiger partial charge in [-0.05, 0) is 44.5 Å². The molecule has 4 rings (SSSR count). The molecule has 19 heavy (non-hydrogen) atoms. The summed E-state index contributed by atoms with van der Waals surface area (Å²) in [5, 5.41) is 2.79. The third-order valence-electron chi connectivity index (χ3n) is 4.17. The van der Waals surface area contributed by atoms with Gasteiger partial charge in [0.05, 0.1) is 0 Å². The van der Waals surface area contributed by atoms with Gasteiger partial charge in [-0.25, -0.2) is 0 Å². The summed E-state index contributed by atoms with van der Waals surface area (Å²) in [6.45, 7) is 4.52. The Labute approximate surface area is 113 Å². The van der Waals surface area contributed by atoms with Gasteiger partial charge in [-0.2, -0.15) is 0 Å². The highest BCUT2D eigenvalue weighted by atomic mass is 14.2. The largest absolute Gasteiger partial charge is 0.0616 e. The first-order chi connectivity index (χ1) is 9.25. The SMILES string of the molecule is CC(C)c1cc2c3c(cccc3c1)-c1ccccc1-2. The number of fused-ring (bicyclic) bond motifs is 3.